The predicted octanol–water partition coefficient (Wildman–Crippen LogP) is 4.15. The zero-order valence-electron chi connectivity index (χ0n) is 15.1. The topological polar surface area (TPSA) is 58.6 Å². The zero-order chi connectivity index (χ0) is 17.7. The zero-order valence-corrected chi connectivity index (χ0v) is 15.1. The maximum absolute atomic E-state index is 11.9. The number of amides is 2. The molecule has 0 aliphatic carbocycles. The predicted molar refractivity (Wildman–Crippen MR) is 95.1 cm³/mol. The van der Waals surface area contributed by atoms with Crippen molar-refractivity contribution >= 4 is 17.7 Å². The van der Waals surface area contributed by atoms with E-state index in [1.807, 2.05) is 50.8 Å². The molecule has 5 nitrogen and oxygen atoms in total. The Bertz CT molecular complexity index is 585. The van der Waals surface area contributed by atoms with Crippen molar-refractivity contribution < 1.29 is 14.3 Å². The monoisotopic (exact) mass is 332 g/mol. The maximum atomic E-state index is 11.9. The van der Waals surface area contributed by atoms with Crippen molar-refractivity contribution in [1.29, 1.82) is 0 Å². The molecule has 2 amide bonds. The van der Waals surface area contributed by atoms with Crippen molar-refractivity contribution in [2.45, 2.75) is 58.5 Å². The summed E-state index contributed by atoms with van der Waals surface area (Å²) < 4.78 is 5.29. The van der Waals surface area contributed by atoms with Crippen LogP contribution in [-0.4, -0.2) is 35.6 Å². The number of ether oxygens (including phenoxy) is 1. The van der Waals surface area contributed by atoms with E-state index in [0.29, 0.717) is 12.3 Å². The molecule has 1 N–H and O–H groups in total. The Morgan fingerprint density at radius 2 is 1.92 bits per heavy atom. The molecular weight excluding hydrogens is 304 g/mol. The van der Waals surface area contributed by atoms with Crippen molar-refractivity contribution in [1.82, 2.24) is 4.90 Å². The molecule has 1 saturated heterocycles. The van der Waals surface area contributed by atoms with Gasteiger partial charge < -0.3 is 9.64 Å². The van der Waals surface area contributed by atoms with Gasteiger partial charge in [-0.1, -0.05) is 19.1 Å². The molecule has 1 fully saturated rings. The molecular formula is C19H28N2O3. The Morgan fingerprint density at radius 1 is 1.25 bits per heavy atom. The molecule has 2 rings (SSSR count). The Balaban J connectivity index is 1.96. The van der Waals surface area contributed by atoms with E-state index in [0.717, 1.165) is 31.6 Å². The summed E-state index contributed by atoms with van der Waals surface area (Å²) in [6, 6.07) is 7.91. The van der Waals surface area contributed by atoms with Crippen LogP contribution < -0.4 is 5.32 Å². The standard InChI is InChI=1S/C19H28N2O3/c1-5-17(22)21-11-9-14(10-12-21)15-7-6-8-16(13-15)20-18(23)24-19(2,3)4/h6-8,13-14H,5,9-12H2,1-4H3,(H,20,23). The number of carbonyl (C=O) groups is 2. The van der Waals surface area contributed by atoms with E-state index in [9.17, 15) is 9.59 Å². The molecule has 0 bridgehead atoms. The minimum atomic E-state index is -0.514. The van der Waals surface area contributed by atoms with Gasteiger partial charge in [-0.2, -0.15) is 0 Å². The lowest BCUT2D eigenvalue weighted by Gasteiger charge is -2.32. The summed E-state index contributed by atoms with van der Waals surface area (Å²) in [7, 11) is 0. The minimum absolute atomic E-state index is 0.230. The highest BCUT2D eigenvalue weighted by Crippen LogP contribution is 2.29. The third kappa shape index (κ3) is 5.25. The van der Waals surface area contributed by atoms with Gasteiger partial charge in [-0.25, -0.2) is 4.79 Å². The number of hydrogen-bond acceptors (Lipinski definition) is 3. The van der Waals surface area contributed by atoms with Crippen LogP contribution in [0.2, 0.25) is 0 Å². The Morgan fingerprint density at radius 3 is 2.50 bits per heavy atom. The van der Waals surface area contributed by atoms with E-state index in [-0.39, 0.29) is 5.91 Å². The molecule has 0 saturated carbocycles. The lowest BCUT2D eigenvalue weighted by Crippen LogP contribution is -2.37. The highest BCUT2D eigenvalue weighted by molar-refractivity contribution is 5.85. The number of nitrogens with one attached hydrogen (secondary N) is 1. The second kappa shape index (κ2) is 7.69. The third-order valence-electron chi connectivity index (χ3n) is 4.15. The summed E-state index contributed by atoms with van der Waals surface area (Å²) in [5, 5.41) is 2.79. The van der Waals surface area contributed by atoms with E-state index in [2.05, 4.69) is 11.4 Å². The summed E-state index contributed by atoms with van der Waals surface area (Å²) in [5.41, 5.74) is 1.43. The first-order valence-corrected chi connectivity index (χ1v) is 8.66. The number of piperidine rings is 1. The Hall–Kier alpha value is -2.04. The van der Waals surface area contributed by atoms with Crippen LogP contribution in [0.25, 0.3) is 0 Å². The van der Waals surface area contributed by atoms with Crippen LogP contribution in [0.4, 0.5) is 10.5 Å². The molecule has 5 heteroatoms. The molecule has 1 aromatic carbocycles. The summed E-state index contributed by atoms with van der Waals surface area (Å²) in [4.78, 5) is 25.6. The van der Waals surface area contributed by atoms with Crippen molar-refractivity contribution in [3.05, 3.63) is 29.8 Å². The number of carbonyl (C=O) groups excluding carboxylic acids is 2. The number of nitrogens with zero attached hydrogens (tertiary/aromatic N) is 1. The van der Waals surface area contributed by atoms with Crippen LogP contribution in [0.5, 0.6) is 0 Å². The van der Waals surface area contributed by atoms with E-state index in [4.69, 9.17) is 4.74 Å². The minimum Gasteiger partial charge on any atom is -0.444 e. The van der Waals surface area contributed by atoms with Gasteiger partial charge in [0.15, 0.2) is 0 Å². The lowest BCUT2D eigenvalue weighted by atomic mass is 9.89. The summed E-state index contributed by atoms with van der Waals surface area (Å²) >= 11 is 0. The van der Waals surface area contributed by atoms with Crippen LogP contribution in [-0.2, 0) is 9.53 Å². The smallest absolute Gasteiger partial charge is 0.412 e. The molecule has 132 valence electrons. The van der Waals surface area contributed by atoms with Crippen LogP contribution in [0, 0.1) is 0 Å². The van der Waals surface area contributed by atoms with Gasteiger partial charge in [0.05, 0.1) is 0 Å². The van der Waals surface area contributed by atoms with Gasteiger partial charge in [-0.3, -0.25) is 10.1 Å². The summed E-state index contributed by atoms with van der Waals surface area (Å²) in [6.07, 6.45) is 2.05. The molecule has 24 heavy (non-hydrogen) atoms. The normalized spacial score (nSPS) is 15.9. The lowest BCUT2D eigenvalue weighted by molar-refractivity contribution is -0.131. The van der Waals surface area contributed by atoms with E-state index in [1.54, 1.807) is 0 Å². The molecule has 0 unspecified atom stereocenters. The van der Waals surface area contributed by atoms with Gasteiger partial charge in [-0.05, 0) is 57.2 Å². The van der Waals surface area contributed by atoms with Crippen molar-refractivity contribution in [2.75, 3.05) is 18.4 Å². The van der Waals surface area contributed by atoms with Gasteiger partial charge in [0, 0.05) is 25.2 Å². The Kier molecular flexibility index (Phi) is 5.86. The van der Waals surface area contributed by atoms with Gasteiger partial charge in [0.1, 0.15) is 5.60 Å². The SMILES string of the molecule is CCC(=O)N1CCC(c2cccc(NC(=O)OC(C)(C)C)c2)CC1. The summed E-state index contributed by atoms with van der Waals surface area (Å²) in [5.74, 6) is 0.653. The molecule has 0 spiro atoms. The number of benzene rings is 1. The molecule has 1 heterocycles. The fourth-order valence-electron chi connectivity index (χ4n) is 2.98. The van der Waals surface area contributed by atoms with E-state index < -0.39 is 11.7 Å². The number of rotatable bonds is 3. The van der Waals surface area contributed by atoms with Crippen LogP contribution >= 0.6 is 0 Å². The molecule has 1 aliphatic rings. The first-order chi connectivity index (χ1) is 11.3. The number of anilines is 1. The maximum Gasteiger partial charge on any atom is 0.412 e. The fraction of sp³-hybridized carbons (Fsp3) is 0.579. The van der Waals surface area contributed by atoms with Crippen LogP contribution in [0.1, 0.15) is 58.4 Å². The first kappa shape index (κ1) is 18.3. The van der Waals surface area contributed by atoms with E-state index >= 15 is 0 Å². The van der Waals surface area contributed by atoms with Crippen molar-refractivity contribution in [2.24, 2.45) is 0 Å². The van der Waals surface area contributed by atoms with Crippen LogP contribution in [0.3, 0.4) is 0 Å². The van der Waals surface area contributed by atoms with Gasteiger partial charge >= 0.3 is 6.09 Å². The Labute approximate surface area is 144 Å². The van der Waals surface area contributed by atoms with E-state index in [1.165, 1.54) is 5.56 Å². The molecule has 1 aliphatic heterocycles. The fourth-order valence-corrected chi connectivity index (χ4v) is 2.98. The third-order valence-corrected chi connectivity index (χ3v) is 4.15. The summed E-state index contributed by atoms with van der Waals surface area (Å²) in [6.45, 7) is 9.04. The van der Waals surface area contributed by atoms with Gasteiger partial charge in [-0.15, -0.1) is 0 Å². The second-order valence-corrected chi connectivity index (χ2v) is 7.26. The first-order valence-electron chi connectivity index (χ1n) is 8.66. The number of hydrogen-bond donors (Lipinski definition) is 1. The van der Waals surface area contributed by atoms with Crippen molar-refractivity contribution in [3.8, 4) is 0 Å². The highest BCUT2D eigenvalue weighted by atomic mass is 16.6. The quantitative estimate of drug-likeness (QED) is 0.904. The largest absolute Gasteiger partial charge is 0.444 e. The average Bonchev–Trinajstić information content (AvgIpc) is 2.52. The molecule has 0 atom stereocenters. The van der Waals surface area contributed by atoms with Gasteiger partial charge in [0.25, 0.3) is 0 Å². The molecule has 0 radical (unpaired) electrons. The number of likely N-dealkylation sites (tertiary alicyclic amines) is 1. The molecule has 0 aromatic heterocycles. The van der Waals surface area contributed by atoms with Crippen molar-refractivity contribution in [3.63, 3.8) is 0 Å². The average molecular weight is 332 g/mol. The van der Waals surface area contributed by atoms with Gasteiger partial charge in [0.2, 0.25) is 5.91 Å². The highest BCUT2D eigenvalue weighted by Gasteiger charge is 2.23. The molecule has 1 aromatic rings. The van der Waals surface area contributed by atoms with Crippen LogP contribution in [0.15, 0.2) is 24.3 Å². The second-order valence-electron chi connectivity index (χ2n) is 7.26.